The molecule has 0 amide bonds. The molecular formula is C13H12BrN. The molecule has 1 aromatic carbocycles. The molecule has 1 heterocycles. The van der Waals surface area contributed by atoms with Crippen molar-refractivity contribution in [3.05, 3.63) is 66.0 Å². The van der Waals surface area contributed by atoms with Crippen LogP contribution < -0.4 is 0 Å². The van der Waals surface area contributed by atoms with Crippen molar-refractivity contribution in [2.75, 3.05) is 0 Å². The average Bonchev–Trinajstić information content (AvgIpc) is 2.29. The molecule has 0 atom stereocenters. The van der Waals surface area contributed by atoms with Crippen molar-refractivity contribution in [1.29, 1.82) is 0 Å². The number of pyridine rings is 1. The highest BCUT2D eigenvalue weighted by molar-refractivity contribution is 8.93. The van der Waals surface area contributed by atoms with E-state index in [1.54, 1.807) is 12.4 Å². The number of hydrogen-bond acceptors (Lipinski definition) is 1. The van der Waals surface area contributed by atoms with Crippen LogP contribution in [0.15, 0.2) is 54.9 Å². The Balaban J connectivity index is 0.00000112. The second-order valence-electron chi connectivity index (χ2n) is 3.02. The molecule has 1 nitrogen and oxygen atoms in total. The molecule has 0 N–H and O–H groups in total. The van der Waals surface area contributed by atoms with Crippen LogP contribution in [0.25, 0.3) is 12.2 Å². The van der Waals surface area contributed by atoms with Crippen molar-refractivity contribution >= 4 is 29.1 Å². The molecule has 0 bridgehead atoms. The Labute approximate surface area is 100 Å². The van der Waals surface area contributed by atoms with Crippen LogP contribution in [-0.4, -0.2) is 4.98 Å². The summed E-state index contributed by atoms with van der Waals surface area (Å²) < 4.78 is 0. The summed E-state index contributed by atoms with van der Waals surface area (Å²) in [6.45, 7) is 0. The molecular weight excluding hydrogens is 250 g/mol. The van der Waals surface area contributed by atoms with Gasteiger partial charge in [-0.25, -0.2) is 0 Å². The van der Waals surface area contributed by atoms with Crippen molar-refractivity contribution < 1.29 is 0 Å². The topological polar surface area (TPSA) is 12.9 Å². The Kier molecular flexibility index (Phi) is 4.78. The van der Waals surface area contributed by atoms with Gasteiger partial charge in [-0.2, -0.15) is 0 Å². The van der Waals surface area contributed by atoms with Crippen LogP contribution in [0.1, 0.15) is 11.1 Å². The monoisotopic (exact) mass is 261 g/mol. The lowest BCUT2D eigenvalue weighted by Crippen LogP contribution is -1.73. The third kappa shape index (κ3) is 3.68. The Hall–Kier alpha value is -1.41. The minimum atomic E-state index is 0. The molecule has 2 aromatic rings. The van der Waals surface area contributed by atoms with Gasteiger partial charge < -0.3 is 0 Å². The highest BCUT2D eigenvalue weighted by Crippen LogP contribution is 2.06. The molecule has 2 heteroatoms. The lowest BCUT2D eigenvalue weighted by atomic mass is 10.2. The third-order valence-electron chi connectivity index (χ3n) is 1.97. The van der Waals surface area contributed by atoms with Crippen molar-refractivity contribution in [3.8, 4) is 0 Å². The van der Waals surface area contributed by atoms with Crippen LogP contribution in [-0.2, 0) is 0 Å². The molecule has 2 rings (SSSR count). The largest absolute Gasteiger partial charge is 0.265 e. The average molecular weight is 262 g/mol. The lowest BCUT2D eigenvalue weighted by Gasteiger charge is -1.92. The molecule has 1 aromatic heterocycles. The second-order valence-corrected chi connectivity index (χ2v) is 3.02. The van der Waals surface area contributed by atoms with Crippen molar-refractivity contribution in [1.82, 2.24) is 4.98 Å². The van der Waals surface area contributed by atoms with E-state index in [1.165, 1.54) is 11.1 Å². The van der Waals surface area contributed by atoms with Crippen LogP contribution in [0.3, 0.4) is 0 Å². The number of benzene rings is 1. The Morgan fingerprint density at radius 3 is 1.87 bits per heavy atom. The number of halogens is 1. The van der Waals surface area contributed by atoms with Crippen LogP contribution in [0.5, 0.6) is 0 Å². The van der Waals surface area contributed by atoms with Gasteiger partial charge in [0.2, 0.25) is 0 Å². The first-order valence-corrected chi connectivity index (χ1v) is 4.58. The second kappa shape index (κ2) is 6.14. The zero-order valence-electron chi connectivity index (χ0n) is 8.21. The quantitative estimate of drug-likeness (QED) is 0.801. The first-order chi connectivity index (χ1) is 6.95. The molecule has 0 spiro atoms. The van der Waals surface area contributed by atoms with E-state index in [0.717, 1.165) is 0 Å². The highest BCUT2D eigenvalue weighted by atomic mass is 79.9. The van der Waals surface area contributed by atoms with Gasteiger partial charge in [-0.15, -0.1) is 17.0 Å². The smallest absolute Gasteiger partial charge is 0.0273 e. The van der Waals surface area contributed by atoms with Crippen LogP contribution in [0.4, 0.5) is 0 Å². The van der Waals surface area contributed by atoms with E-state index in [9.17, 15) is 0 Å². The van der Waals surface area contributed by atoms with E-state index in [1.807, 2.05) is 30.3 Å². The molecule has 15 heavy (non-hydrogen) atoms. The minimum absolute atomic E-state index is 0. The van der Waals surface area contributed by atoms with Gasteiger partial charge in [-0.1, -0.05) is 42.5 Å². The van der Waals surface area contributed by atoms with E-state index >= 15 is 0 Å². The van der Waals surface area contributed by atoms with Crippen molar-refractivity contribution in [2.45, 2.75) is 0 Å². The number of rotatable bonds is 2. The fourth-order valence-electron chi connectivity index (χ4n) is 1.23. The Morgan fingerprint density at radius 2 is 1.27 bits per heavy atom. The molecule has 0 saturated heterocycles. The Morgan fingerprint density at radius 1 is 0.733 bits per heavy atom. The maximum Gasteiger partial charge on any atom is 0.0273 e. The van der Waals surface area contributed by atoms with Crippen LogP contribution >= 0.6 is 17.0 Å². The van der Waals surface area contributed by atoms with Gasteiger partial charge in [-0.05, 0) is 23.3 Å². The van der Waals surface area contributed by atoms with E-state index in [0.29, 0.717) is 0 Å². The highest BCUT2D eigenvalue weighted by Gasteiger charge is 1.84. The minimum Gasteiger partial charge on any atom is -0.265 e. The van der Waals surface area contributed by atoms with Crippen molar-refractivity contribution in [3.63, 3.8) is 0 Å². The van der Waals surface area contributed by atoms with Gasteiger partial charge in [0.25, 0.3) is 0 Å². The number of aromatic nitrogens is 1. The normalized spacial score (nSPS) is 9.87. The predicted molar refractivity (Wildman–Crippen MR) is 69.9 cm³/mol. The van der Waals surface area contributed by atoms with Gasteiger partial charge in [-0.3, -0.25) is 4.98 Å². The van der Waals surface area contributed by atoms with E-state index < -0.39 is 0 Å². The van der Waals surface area contributed by atoms with Gasteiger partial charge in [0.15, 0.2) is 0 Å². The summed E-state index contributed by atoms with van der Waals surface area (Å²) in [6.07, 6.45) is 7.77. The van der Waals surface area contributed by atoms with Gasteiger partial charge in [0, 0.05) is 12.4 Å². The van der Waals surface area contributed by atoms with Crippen LogP contribution in [0, 0.1) is 0 Å². The predicted octanol–water partition coefficient (Wildman–Crippen LogP) is 3.83. The van der Waals surface area contributed by atoms with Gasteiger partial charge in [0.05, 0.1) is 0 Å². The maximum atomic E-state index is 3.97. The Bertz CT molecular complexity index is 368. The van der Waals surface area contributed by atoms with Gasteiger partial charge >= 0.3 is 0 Å². The van der Waals surface area contributed by atoms with E-state index in [2.05, 4.69) is 29.3 Å². The summed E-state index contributed by atoms with van der Waals surface area (Å²) >= 11 is 0. The first-order valence-electron chi connectivity index (χ1n) is 4.58. The zero-order valence-corrected chi connectivity index (χ0v) is 9.92. The molecule has 0 aliphatic heterocycles. The molecule has 0 aliphatic carbocycles. The standard InChI is InChI=1S/C13H11N.BrH/c1-2-4-12(5-3-1)6-7-13-8-10-14-11-9-13;/h1-11H;1H/b7-6+;. The summed E-state index contributed by atoms with van der Waals surface area (Å²) in [5, 5.41) is 0. The number of nitrogens with zero attached hydrogens (tertiary/aromatic N) is 1. The van der Waals surface area contributed by atoms with Crippen molar-refractivity contribution in [2.24, 2.45) is 0 Å². The number of hydrogen-bond donors (Lipinski definition) is 0. The lowest BCUT2D eigenvalue weighted by molar-refractivity contribution is 1.32. The molecule has 0 unspecified atom stereocenters. The molecule has 0 aliphatic rings. The molecule has 0 radical (unpaired) electrons. The molecule has 0 fully saturated rings. The maximum absolute atomic E-state index is 3.97. The summed E-state index contributed by atoms with van der Waals surface area (Å²) in [5.74, 6) is 0. The molecule has 76 valence electrons. The SMILES string of the molecule is Br.C(=C\c1ccncc1)/c1ccccc1. The van der Waals surface area contributed by atoms with Crippen LogP contribution in [0.2, 0.25) is 0 Å². The summed E-state index contributed by atoms with van der Waals surface area (Å²) in [6, 6.07) is 14.2. The zero-order chi connectivity index (χ0) is 9.64. The fourth-order valence-corrected chi connectivity index (χ4v) is 1.23. The summed E-state index contributed by atoms with van der Waals surface area (Å²) in [5.41, 5.74) is 2.38. The third-order valence-corrected chi connectivity index (χ3v) is 1.97. The first kappa shape index (κ1) is 11.7. The fraction of sp³-hybridized carbons (Fsp3) is 0. The summed E-state index contributed by atoms with van der Waals surface area (Å²) in [4.78, 5) is 3.97. The molecule has 0 saturated carbocycles. The summed E-state index contributed by atoms with van der Waals surface area (Å²) in [7, 11) is 0. The van der Waals surface area contributed by atoms with E-state index in [-0.39, 0.29) is 17.0 Å². The van der Waals surface area contributed by atoms with E-state index in [4.69, 9.17) is 0 Å². The van der Waals surface area contributed by atoms with Gasteiger partial charge in [0.1, 0.15) is 0 Å².